The molecule has 0 aromatic heterocycles. The molecular formula is CoMnNiV. The summed E-state index contributed by atoms with van der Waals surface area (Å²) < 4.78 is 0. The zero-order valence-electron chi connectivity index (χ0n) is 1.47. The summed E-state index contributed by atoms with van der Waals surface area (Å²) in [6, 6.07) is 0. The van der Waals surface area contributed by atoms with E-state index >= 15 is 0 Å². The molecular weight excluding hydrogens is 224 g/mol. The molecule has 0 rings (SSSR count). The molecule has 0 saturated heterocycles. The molecule has 3 radical (unpaired) electrons. The van der Waals surface area contributed by atoms with Crippen LogP contribution in [0.3, 0.4) is 0 Å². The van der Waals surface area contributed by atoms with Crippen LogP contribution in [0.1, 0.15) is 0 Å². The first-order chi connectivity index (χ1) is 0. The van der Waals surface area contributed by atoms with E-state index in [9.17, 15) is 0 Å². The van der Waals surface area contributed by atoms with Crippen LogP contribution in [-0.2, 0) is 68.9 Å². The van der Waals surface area contributed by atoms with Crippen LogP contribution in [0.15, 0.2) is 0 Å². The van der Waals surface area contributed by atoms with Crippen LogP contribution >= 0.6 is 0 Å². The van der Waals surface area contributed by atoms with E-state index in [2.05, 4.69) is 0 Å². The van der Waals surface area contributed by atoms with Gasteiger partial charge in [0.15, 0.2) is 0 Å². The van der Waals surface area contributed by atoms with E-state index in [1.54, 1.807) is 0 Å². The predicted octanol–water partition coefficient (Wildman–Crippen LogP) is -0.0100. The van der Waals surface area contributed by atoms with E-state index in [1.165, 1.54) is 0 Å². The third-order valence-corrected chi connectivity index (χ3v) is 0. The van der Waals surface area contributed by atoms with Crippen LogP contribution in [0, 0.1) is 0 Å². The standard InChI is InChI=1S/Co.Mn.Ni.V. The first-order valence-electron chi connectivity index (χ1n) is 0. The average Bonchev–Trinajstić information content (AvgIpc) is 0. The molecule has 0 spiro atoms. The maximum atomic E-state index is 0. The summed E-state index contributed by atoms with van der Waals surface area (Å²) in [4.78, 5) is 0. The summed E-state index contributed by atoms with van der Waals surface area (Å²) in [6.45, 7) is 0. The molecule has 0 fully saturated rings. The summed E-state index contributed by atoms with van der Waals surface area (Å²) >= 11 is 0. The van der Waals surface area contributed by atoms with Crippen molar-refractivity contribution in [3.63, 3.8) is 0 Å². The number of hydrogen-bond donors (Lipinski definition) is 0. The molecule has 31 valence electrons. The van der Waals surface area contributed by atoms with Crippen molar-refractivity contribution in [2.24, 2.45) is 0 Å². The van der Waals surface area contributed by atoms with Gasteiger partial charge in [-0.25, -0.2) is 0 Å². The fourth-order valence-electron chi connectivity index (χ4n) is 0. The molecule has 0 heterocycles. The van der Waals surface area contributed by atoms with Gasteiger partial charge >= 0.3 is 0 Å². The molecule has 0 nitrogen and oxygen atoms in total. The molecule has 0 amide bonds. The van der Waals surface area contributed by atoms with E-state index in [0.717, 1.165) is 0 Å². The Hall–Kier alpha value is 2.10. The fraction of sp³-hybridized carbons (Fsp3) is 0. The molecule has 4 heteroatoms. The second kappa shape index (κ2) is 19.4. The van der Waals surface area contributed by atoms with Crippen molar-refractivity contribution in [1.82, 2.24) is 0 Å². The SMILES string of the molecule is [Co].[Mn].[Ni].[V]. The van der Waals surface area contributed by atoms with Crippen molar-refractivity contribution in [1.29, 1.82) is 0 Å². The number of rotatable bonds is 0. The van der Waals surface area contributed by atoms with Crippen molar-refractivity contribution in [2.75, 3.05) is 0 Å². The first-order valence-corrected chi connectivity index (χ1v) is 0. The van der Waals surface area contributed by atoms with E-state index in [-0.39, 0.29) is 68.9 Å². The van der Waals surface area contributed by atoms with Gasteiger partial charge in [0.05, 0.1) is 0 Å². The van der Waals surface area contributed by atoms with Crippen LogP contribution < -0.4 is 0 Å². The van der Waals surface area contributed by atoms with Gasteiger partial charge in [-0.15, -0.1) is 0 Å². The molecule has 0 atom stereocenters. The summed E-state index contributed by atoms with van der Waals surface area (Å²) in [5.41, 5.74) is 0. The molecule has 0 bridgehead atoms. The monoisotopic (exact) mass is 223 g/mol. The van der Waals surface area contributed by atoms with Crippen LogP contribution in [0.2, 0.25) is 0 Å². The fourth-order valence-corrected chi connectivity index (χ4v) is 0. The molecule has 0 N–H and O–H groups in total. The van der Waals surface area contributed by atoms with E-state index < -0.39 is 0 Å². The third-order valence-electron chi connectivity index (χ3n) is 0. The van der Waals surface area contributed by atoms with Gasteiger partial charge in [0.2, 0.25) is 0 Å². The summed E-state index contributed by atoms with van der Waals surface area (Å²) in [5.74, 6) is 0. The van der Waals surface area contributed by atoms with Crippen molar-refractivity contribution < 1.29 is 68.9 Å². The number of hydrogen-bond acceptors (Lipinski definition) is 0. The van der Waals surface area contributed by atoms with Gasteiger partial charge in [-0.1, -0.05) is 0 Å². The van der Waals surface area contributed by atoms with Crippen LogP contribution in [0.5, 0.6) is 0 Å². The van der Waals surface area contributed by atoms with E-state index in [4.69, 9.17) is 0 Å². The Morgan fingerprint density at radius 2 is 1.00 bits per heavy atom. The van der Waals surface area contributed by atoms with Crippen LogP contribution in [0.25, 0.3) is 0 Å². The maximum absolute atomic E-state index is 0. The second-order valence-corrected chi connectivity index (χ2v) is 0. The Kier molecular flexibility index (Phi) is 174. The Bertz CT molecular complexity index is 8.00. The van der Waals surface area contributed by atoms with Gasteiger partial charge in [0.1, 0.15) is 0 Å². The quantitative estimate of drug-likeness (QED) is 0.507. The van der Waals surface area contributed by atoms with E-state index in [0.29, 0.717) is 0 Å². The van der Waals surface area contributed by atoms with Gasteiger partial charge in [-0.2, -0.15) is 0 Å². The minimum absolute atomic E-state index is 0. The van der Waals surface area contributed by atoms with Crippen molar-refractivity contribution >= 4 is 0 Å². The molecule has 0 aromatic rings. The molecule has 0 aromatic carbocycles. The van der Waals surface area contributed by atoms with Crippen LogP contribution in [-0.4, -0.2) is 0 Å². The molecule has 0 unspecified atom stereocenters. The van der Waals surface area contributed by atoms with Gasteiger partial charge in [-0.3, -0.25) is 0 Å². The second-order valence-electron chi connectivity index (χ2n) is 0. The molecule has 0 aliphatic carbocycles. The van der Waals surface area contributed by atoms with Crippen LogP contribution in [0.4, 0.5) is 0 Å². The predicted molar refractivity (Wildman–Crippen MR) is 0 cm³/mol. The Morgan fingerprint density at radius 1 is 1.00 bits per heavy atom. The third kappa shape index (κ3) is 8.93. The average molecular weight is 224 g/mol. The molecule has 0 saturated carbocycles. The van der Waals surface area contributed by atoms with Crippen molar-refractivity contribution in [2.45, 2.75) is 0 Å². The minimum atomic E-state index is 0. The van der Waals surface area contributed by atoms with Gasteiger partial charge in [-0.05, 0) is 0 Å². The van der Waals surface area contributed by atoms with Crippen molar-refractivity contribution in [3.05, 3.63) is 0 Å². The van der Waals surface area contributed by atoms with Gasteiger partial charge in [0.25, 0.3) is 0 Å². The summed E-state index contributed by atoms with van der Waals surface area (Å²) in [6.07, 6.45) is 0. The minimum Gasteiger partial charge on any atom is 0 e. The topological polar surface area (TPSA) is 0 Å². The first kappa shape index (κ1) is 35.9. The molecule has 0 aliphatic heterocycles. The van der Waals surface area contributed by atoms with Gasteiger partial charge < -0.3 is 0 Å². The zero-order valence-corrected chi connectivity index (χ0v) is 6.08. The zero-order chi connectivity index (χ0) is 0. The Balaban J connectivity index is 0. The largest absolute Gasteiger partial charge is 0 e. The Labute approximate surface area is 68.3 Å². The summed E-state index contributed by atoms with van der Waals surface area (Å²) in [7, 11) is 0. The van der Waals surface area contributed by atoms with Gasteiger partial charge in [0, 0.05) is 68.9 Å². The molecule has 4 heavy (non-hydrogen) atoms. The maximum Gasteiger partial charge on any atom is 0 e. The molecule has 0 aliphatic rings. The normalized spacial score (nSPS) is 0. The smallest absolute Gasteiger partial charge is 0 e. The van der Waals surface area contributed by atoms with E-state index in [1.807, 2.05) is 0 Å². The van der Waals surface area contributed by atoms with Crippen molar-refractivity contribution in [3.8, 4) is 0 Å². The summed E-state index contributed by atoms with van der Waals surface area (Å²) in [5, 5.41) is 0. The Morgan fingerprint density at radius 3 is 1.00 bits per heavy atom.